The molecule has 36 valence electrons. The van der Waals surface area contributed by atoms with E-state index < -0.39 is 0 Å². The van der Waals surface area contributed by atoms with Crippen LogP contribution in [0.2, 0.25) is 0 Å². The maximum atomic E-state index is 5.37. The zero-order chi connectivity index (χ0) is 4.57. The van der Waals surface area contributed by atoms with E-state index in [2.05, 4.69) is 0 Å². The van der Waals surface area contributed by atoms with Gasteiger partial charge in [-0.05, 0) is 6.92 Å². The lowest BCUT2D eigenvalue weighted by atomic mass is 10.3. The van der Waals surface area contributed by atoms with E-state index in [1.165, 1.54) is 0 Å². The summed E-state index contributed by atoms with van der Waals surface area (Å²) in [4.78, 5) is 0. The molecular weight excluding hydrogens is 78.0 g/mol. The molecule has 0 aromatic carbocycles. The SMILES string of the molecule is C[C@H](N)[C@H]1CO1. The van der Waals surface area contributed by atoms with Gasteiger partial charge in [0.15, 0.2) is 0 Å². The zero-order valence-corrected chi connectivity index (χ0v) is 3.85. The van der Waals surface area contributed by atoms with Crippen LogP contribution in [0.5, 0.6) is 0 Å². The van der Waals surface area contributed by atoms with Crippen LogP contribution in [0.1, 0.15) is 6.92 Å². The van der Waals surface area contributed by atoms with Gasteiger partial charge in [-0.25, -0.2) is 0 Å². The summed E-state index contributed by atoms with van der Waals surface area (Å²) in [5.41, 5.74) is 5.37. The predicted molar refractivity (Wildman–Crippen MR) is 23.4 cm³/mol. The van der Waals surface area contributed by atoms with Crippen molar-refractivity contribution >= 4 is 0 Å². The lowest BCUT2D eigenvalue weighted by Gasteiger charge is -1.92. The average molecular weight is 87.1 g/mol. The Hall–Kier alpha value is -0.0800. The van der Waals surface area contributed by atoms with Crippen molar-refractivity contribution < 1.29 is 4.74 Å². The number of nitrogens with two attached hydrogens (primary N) is 1. The topological polar surface area (TPSA) is 38.5 Å². The molecule has 0 bridgehead atoms. The summed E-state index contributed by atoms with van der Waals surface area (Å²) < 4.78 is 4.84. The van der Waals surface area contributed by atoms with Crippen molar-refractivity contribution in [1.29, 1.82) is 0 Å². The Labute approximate surface area is 37.3 Å². The predicted octanol–water partition coefficient (Wildman–Crippen LogP) is -0.268. The van der Waals surface area contributed by atoms with Crippen LogP contribution in [0.25, 0.3) is 0 Å². The highest BCUT2D eigenvalue weighted by atomic mass is 16.6. The number of epoxide rings is 1. The van der Waals surface area contributed by atoms with Crippen LogP contribution in [0.3, 0.4) is 0 Å². The maximum absolute atomic E-state index is 5.37. The van der Waals surface area contributed by atoms with Gasteiger partial charge in [0.1, 0.15) is 0 Å². The number of rotatable bonds is 1. The van der Waals surface area contributed by atoms with Gasteiger partial charge in [0.25, 0.3) is 0 Å². The molecule has 0 amide bonds. The Morgan fingerprint density at radius 3 is 2.50 bits per heavy atom. The third-order valence-corrected chi connectivity index (χ3v) is 0.946. The van der Waals surface area contributed by atoms with Crippen molar-refractivity contribution in [3.8, 4) is 0 Å². The molecule has 1 aliphatic rings. The molecule has 0 unspecified atom stereocenters. The zero-order valence-electron chi connectivity index (χ0n) is 3.85. The molecule has 1 aliphatic heterocycles. The summed E-state index contributed by atoms with van der Waals surface area (Å²) in [5, 5.41) is 0. The van der Waals surface area contributed by atoms with Crippen molar-refractivity contribution in [1.82, 2.24) is 0 Å². The second kappa shape index (κ2) is 1.21. The fourth-order valence-electron chi connectivity index (χ4n) is 0.359. The Morgan fingerprint density at radius 1 is 2.00 bits per heavy atom. The summed E-state index contributed by atoms with van der Waals surface area (Å²) in [7, 11) is 0. The molecule has 0 aliphatic carbocycles. The van der Waals surface area contributed by atoms with Crippen molar-refractivity contribution in [2.24, 2.45) is 5.73 Å². The molecule has 1 saturated heterocycles. The van der Waals surface area contributed by atoms with E-state index in [9.17, 15) is 0 Å². The molecule has 0 aromatic rings. The van der Waals surface area contributed by atoms with E-state index in [0.29, 0.717) is 6.10 Å². The van der Waals surface area contributed by atoms with Gasteiger partial charge in [-0.15, -0.1) is 0 Å². The van der Waals surface area contributed by atoms with E-state index in [0.717, 1.165) is 6.61 Å². The Bertz CT molecular complexity index is 49.5. The van der Waals surface area contributed by atoms with Gasteiger partial charge in [0, 0.05) is 6.04 Å². The second-order valence-corrected chi connectivity index (χ2v) is 1.73. The molecule has 1 fully saturated rings. The van der Waals surface area contributed by atoms with E-state index in [1.54, 1.807) is 0 Å². The monoisotopic (exact) mass is 87.1 g/mol. The quantitative estimate of drug-likeness (QED) is 0.447. The first kappa shape index (κ1) is 4.09. The van der Waals surface area contributed by atoms with Crippen molar-refractivity contribution in [3.05, 3.63) is 0 Å². The standard InChI is InChI=1S/C4H9NO/c1-3(5)4-2-6-4/h3-4H,2,5H2,1H3/t3-,4+/m0/s1. The van der Waals surface area contributed by atoms with Gasteiger partial charge in [-0.1, -0.05) is 0 Å². The molecule has 0 radical (unpaired) electrons. The van der Waals surface area contributed by atoms with Crippen LogP contribution < -0.4 is 5.73 Å². The third kappa shape index (κ3) is 0.698. The molecule has 2 N–H and O–H groups in total. The van der Waals surface area contributed by atoms with Gasteiger partial charge in [0.05, 0.1) is 12.7 Å². The molecular formula is C4H9NO. The van der Waals surface area contributed by atoms with Gasteiger partial charge < -0.3 is 10.5 Å². The van der Waals surface area contributed by atoms with E-state index in [4.69, 9.17) is 10.5 Å². The van der Waals surface area contributed by atoms with Crippen molar-refractivity contribution in [3.63, 3.8) is 0 Å². The third-order valence-electron chi connectivity index (χ3n) is 0.946. The molecule has 0 aromatic heterocycles. The number of hydrogen-bond donors (Lipinski definition) is 1. The van der Waals surface area contributed by atoms with Crippen LogP contribution in [-0.4, -0.2) is 18.8 Å². The van der Waals surface area contributed by atoms with E-state index in [-0.39, 0.29) is 6.04 Å². The summed E-state index contributed by atoms with van der Waals surface area (Å²) in [5.74, 6) is 0. The molecule has 0 saturated carbocycles. The normalized spacial score (nSPS) is 36.0. The van der Waals surface area contributed by atoms with E-state index in [1.807, 2.05) is 6.92 Å². The first-order chi connectivity index (χ1) is 2.80. The van der Waals surface area contributed by atoms with Gasteiger partial charge in [-0.2, -0.15) is 0 Å². The molecule has 6 heavy (non-hydrogen) atoms. The fourth-order valence-corrected chi connectivity index (χ4v) is 0.359. The second-order valence-electron chi connectivity index (χ2n) is 1.73. The van der Waals surface area contributed by atoms with Crippen LogP contribution in [-0.2, 0) is 4.74 Å². The number of ether oxygens (including phenoxy) is 1. The van der Waals surface area contributed by atoms with Crippen molar-refractivity contribution in [2.75, 3.05) is 6.61 Å². The minimum Gasteiger partial charge on any atom is -0.371 e. The highest BCUT2D eigenvalue weighted by Gasteiger charge is 2.25. The summed E-state index contributed by atoms with van der Waals surface area (Å²) in [6.07, 6.45) is 0.380. The molecule has 0 spiro atoms. The average Bonchev–Trinajstić information content (AvgIpc) is 2.06. The van der Waals surface area contributed by atoms with Gasteiger partial charge >= 0.3 is 0 Å². The van der Waals surface area contributed by atoms with Crippen LogP contribution >= 0.6 is 0 Å². The molecule has 2 nitrogen and oxygen atoms in total. The molecule has 1 heterocycles. The fraction of sp³-hybridized carbons (Fsp3) is 1.00. The molecule has 1 rings (SSSR count). The number of hydrogen-bond acceptors (Lipinski definition) is 2. The Morgan fingerprint density at radius 2 is 2.50 bits per heavy atom. The summed E-state index contributed by atoms with van der Waals surface area (Å²) >= 11 is 0. The van der Waals surface area contributed by atoms with Crippen LogP contribution in [0, 0.1) is 0 Å². The molecule has 2 atom stereocenters. The van der Waals surface area contributed by atoms with Crippen LogP contribution in [0.4, 0.5) is 0 Å². The van der Waals surface area contributed by atoms with Gasteiger partial charge in [-0.3, -0.25) is 0 Å². The Kier molecular flexibility index (Phi) is 0.821. The van der Waals surface area contributed by atoms with Crippen LogP contribution in [0.15, 0.2) is 0 Å². The van der Waals surface area contributed by atoms with E-state index >= 15 is 0 Å². The smallest absolute Gasteiger partial charge is 0.0957 e. The maximum Gasteiger partial charge on any atom is 0.0957 e. The summed E-state index contributed by atoms with van der Waals surface area (Å²) in [6, 6.07) is 0.241. The minimum absolute atomic E-state index is 0.241. The lowest BCUT2D eigenvalue weighted by Crippen LogP contribution is -2.21. The lowest BCUT2D eigenvalue weighted by molar-refractivity contribution is 0.382. The summed E-state index contributed by atoms with van der Waals surface area (Å²) in [6.45, 7) is 2.83. The first-order valence-corrected chi connectivity index (χ1v) is 2.18. The molecule has 2 heteroatoms. The Balaban J connectivity index is 2.13. The minimum atomic E-state index is 0.241. The van der Waals surface area contributed by atoms with Crippen molar-refractivity contribution in [2.45, 2.75) is 19.1 Å². The highest BCUT2D eigenvalue weighted by molar-refractivity contribution is 4.77. The first-order valence-electron chi connectivity index (χ1n) is 2.18. The van der Waals surface area contributed by atoms with Gasteiger partial charge in [0.2, 0.25) is 0 Å². The largest absolute Gasteiger partial charge is 0.371 e. The highest BCUT2D eigenvalue weighted by Crippen LogP contribution is 2.10.